The molecule has 1 saturated carbocycles. The van der Waals surface area contributed by atoms with Crippen molar-refractivity contribution in [2.24, 2.45) is 11.7 Å². The lowest BCUT2D eigenvalue weighted by molar-refractivity contribution is 0.121. The third kappa shape index (κ3) is 6.14. The first-order valence-corrected chi connectivity index (χ1v) is 7.62. The maximum atomic E-state index is 10.7. The Kier molecular flexibility index (Phi) is 6.02. The van der Waals surface area contributed by atoms with Crippen molar-refractivity contribution in [2.75, 3.05) is 25.1 Å². The van der Waals surface area contributed by atoms with Crippen molar-refractivity contribution < 1.29 is 9.53 Å². The predicted molar refractivity (Wildman–Crippen MR) is 84.2 cm³/mol. The van der Waals surface area contributed by atoms with E-state index in [0.29, 0.717) is 5.69 Å². The number of primary amides is 1. The van der Waals surface area contributed by atoms with Gasteiger partial charge in [0.2, 0.25) is 0 Å². The summed E-state index contributed by atoms with van der Waals surface area (Å²) in [7, 11) is 0. The summed E-state index contributed by atoms with van der Waals surface area (Å²) in [4.78, 5) is 10.7. The van der Waals surface area contributed by atoms with Gasteiger partial charge < -0.3 is 21.1 Å². The van der Waals surface area contributed by atoms with Crippen LogP contribution in [0, 0.1) is 5.92 Å². The van der Waals surface area contributed by atoms with Crippen LogP contribution >= 0.6 is 0 Å². The van der Waals surface area contributed by atoms with E-state index in [-0.39, 0.29) is 6.04 Å². The fourth-order valence-corrected chi connectivity index (χ4v) is 2.14. The fraction of sp³-hybridized carbons (Fsp3) is 0.562. The summed E-state index contributed by atoms with van der Waals surface area (Å²) in [5.74, 6) is 0.837. The largest absolute Gasteiger partial charge is 0.381 e. The topological polar surface area (TPSA) is 76.4 Å². The minimum atomic E-state index is -0.542. The highest BCUT2D eigenvalue weighted by atomic mass is 16.5. The first kappa shape index (κ1) is 15.8. The second-order valence-electron chi connectivity index (χ2n) is 5.66. The summed E-state index contributed by atoms with van der Waals surface area (Å²) in [6.45, 7) is 4.83. The second-order valence-corrected chi connectivity index (χ2v) is 5.66. The summed E-state index contributed by atoms with van der Waals surface area (Å²) in [5.41, 5.74) is 6.98. The van der Waals surface area contributed by atoms with Gasteiger partial charge in [-0.05, 0) is 56.3 Å². The number of amides is 2. The van der Waals surface area contributed by atoms with Crippen molar-refractivity contribution in [1.29, 1.82) is 0 Å². The van der Waals surface area contributed by atoms with Crippen LogP contribution in [0.2, 0.25) is 0 Å². The molecule has 0 heterocycles. The highest BCUT2D eigenvalue weighted by Gasteiger charge is 2.20. The van der Waals surface area contributed by atoms with E-state index in [0.717, 1.165) is 32.1 Å². The quantitative estimate of drug-likeness (QED) is 0.612. The van der Waals surface area contributed by atoms with Gasteiger partial charge in [0.25, 0.3) is 0 Å². The molecule has 21 heavy (non-hydrogen) atoms. The molecule has 0 bridgehead atoms. The van der Waals surface area contributed by atoms with E-state index in [1.807, 2.05) is 24.3 Å². The number of nitrogens with one attached hydrogen (secondary N) is 2. The van der Waals surface area contributed by atoms with Gasteiger partial charge in [0.1, 0.15) is 0 Å². The van der Waals surface area contributed by atoms with Gasteiger partial charge in [-0.2, -0.15) is 0 Å². The lowest BCUT2D eigenvalue weighted by Gasteiger charge is -2.15. The van der Waals surface area contributed by atoms with Crippen LogP contribution in [0.3, 0.4) is 0 Å². The number of rotatable bonds is 9. The van der Waals surface area contributed by atoms with E-state index < -0.39 is 6.03 Å². The van der Waals surface area contributed by atoms with E-state index in [2.05, 4.69) is 17.6 Å². The van der Waals surface area contributed by atoms with Crippen LogP contribution in [0.5, 0.6) is 0 Å². The van der Waals surface area contributed by atoms with Gasteiger partial charge in [0.05, 0.1) is 0 Å². The SMILES string of the molecule is CC(NCCCOCC1CC1)c1ccc(NC(N)=O)cc1. The zero-order chi connectivity index (χ0) is 15.1. The molecule has 0 saturated heterocycles. The number of ether oxygens (including phenoxy) is 1. The van der Waals surface area contributed by atoms with Crippen molar-refractivity contribution in [3.05, 3.63) is 29.8 Å². The molecule has 0 aliphatic heterocycles. The summed E-state index contributed by atoms with van der Waals surface area (Å²) in [5, 5.41) is 6.02. The first-order valence-electron chi connectivity index (χ1n) is 7.62. The third-order valence-electron chi connectivity index (χ3n) is 3.64. The molecule has 0 aromatic heterocycles. The Hall–Kier alpha value is -1.59. The second kappa shape index (κ2) is 8.00. The summed E-state index contributed by atoms with van der Waals surface area (Å²) < 4.78 is 5.61. The lowest BCUT2D eigenvalue weighted by atomic mass is 10.1. The minimum absolute atomic E-state index is 0.274. The van der Waals surface area contributed by atoms with Gasteiger partial charge in [-0.15, -0.1) is 0 Å². The Labute approximate surface area is 126 Å². The van der Waals surface area contributed by atoms with Crippen LogP contribution in [0.1, 0.15) is 37.8 Å². The number of carbonyl (C=O) groups excluding carboxylic acids is 1. The van der Waals surface area contributed by atoms with Crippen LogP contribution < -0.4 is 16.4 Å². The Morgan fingerprint density at radius 2 is 2.10 bits per heavy atom. The molecule has 4 N–H and O–H groups in total. The Morgan fingerprint density at radius 1 is 1.38 bits per heavy atom. The van der Waals surface area contributed by atoms with Crippen LogP contribution in [-0.4, -0.2) is 25.8 Å². The van der Waals surface area contributed by atoms with E-state index >= 15 is 0 Å². The molecular weight excluding hydrogens is 266 g/mol. The Morgan fingerprint density at radius 3 is 2.71 bits per heavy atom. The molecule has 1 aromatic rings. The smallest absolute Gasteiger partial charge is 0.316 e. The van der Waals surface area contributed by atoms with E-state index in [1.54, 1.807) is 0 Å². The molecule has 1 aromatic carbocycles. The third-order valence-corrected chi connectivity index (χ3v) is 3.64. The average Bonchev–Trinajstić information content (AvgIpc) is 3.26. The summed E-state index contributed by atoms with van der Waals surface area (Å²) in [6, 6.07) is 7.43. The monoisotopic (exact) mass is 291 g/mol. The molecule has 1 atom stereocenters. The standard InChI is InChI=1S/C16H25N3O2/c1-12(18-9-2-10-21-11-13-3-4-13)14-5-7-15(8-6-14)19-16(17)20/h5-8,12-13,18H,2-4,9-11H2,1H3,(H3,17,19,20). The molecule has 5 heteroatoms. The molecule has 1 aliphatic carbocycles. The number of benzene rings is 1. The van der Waals surface area contributed by atoms with Crippen molar-refractivity contribution in [3.8, 4) is 0 Å². The van der Waals surface area contributed by atoms with Gasteiger partial charge >= 0.3 is 6.03 Å². The van der Waals surface area contributed by atoms with E-state index in [9.17, 15) is 4.79 Å². The molecule has 116 valence electrons. The zero-order valence-electron chi connectivity index (χ0n) is 12.6. The van der Waals surface area contributed by atoms with E-state index in [4.69, 9.17) is 10.5 Å². The summed E-state index contributed by atoms with van der Waals surface area (Å²) in [6.07, 6.45) is 3.71. The molecule has 0 radical (unpaired) electrons. The number of carbonyl (C=O) groups is 1. The van der Waals surface area contributed by atoms with Crippen molar-refractivity contribution in [2.45, 2.75) is 32.2 Å². The molecule has 1 aliphatic rings. The number of nitrogens with two attached hydrogens (primary N) is 1. The molecule has 2 rings (SSSR count). The normalized spacial score (nSPS) is 15.7. The van der Waals surface area contributed by atoms with Crippen molar-refractivity contribution in [1.82, 2.24) is 5.32 Å². The number of anilines is 1. The average molecular weight is 291 g/mol. The van der Waals surface area contributed by atoms with Gasteiger partial charge in [-0.25, -0.2) is 4.79 Å². The predicted octanol–water partition coefficient (Wildman–Crippen LogP) is 2.64. The van der Waals surface area contributed by atoms with Gasteiger partial charge in [-0.1, -0.05) is 12.1 Å². The zero-order valence-corrected chi connectivity index (χ0v) is 12.6. The van der Waals surface area contributed by atoms with Crippen LogP contribution in [0.15, 0.2) is 24.3 Å². The Balaban J connectivity index is 1.62. The van der Waals surface area contributed by atoms with Crippen molar-refractivity contribution >= 4 is 11.7 Å². The minimum Gasteiger partial charge on any atom is -0.381 e. The molecular formula is C16H25N3O2. The van der Waals surface area contributed by atoms with Crippen LogP contribution in [-0.2, 0) is 4.74 Å². The Bertz CT molecular complexity index is 443. The molecule has 1 unspecified atom stereocenters. The van der Waals surface area contributed by atoms with Gasteiger partial charge in [0.15, 0.2) is 0 Å². The van der Waals surface area contributed by atoms with Crippen LogP contribution in [0.4, 0.5) is 10.5 Å². The molecule has 0 spiro atoms. The highest BCUT2D eigenvalue weighted by molar-refractivity contribution is 5.87. The maximum Gasteiger partial charge on any atom is 0.316 e. The molecule has 1 fully saturated rings. The van der Waals surface area contributed by atoms with Gasteiger partial charge in [-0.3, -0.25) is 0 Å². The molecule has 5 nitrogen and oxygen atoms in total. The molecule has 2 amide bonds. The van der Waals surface area contributed by atoms with Crippen molar-refractivity contribution in [3.63, 3.8) is 0 Å². The number of hydrogen-bond acceptors (Lipinski definition) is 3. The number of urea groups is 1. The summed E-state index contributed by atoms with van der Waals surface area (Å²) >= 11 is 0. The lowest BCUT2D eigenvalue weighted by Crippen LogP contribution is -2.21. The van der Waals surface area contributed by atoms with Gasteiger partial charge in [0, 0.05) is 24.9 Å². The number of hydrogen-bond donors (Lipinski definition) is 3. The van der Waals surface area contributed by atoms with Crippen LogP contribution in [0.25, 0.3) is 0 Å². The maximum absolute atomic E-state index is 10.7. The highest BCUT2D eigenvalue weighted by Crippen LogP contribution is 2.28. The fourth-order valence-electron chi connectivity index (χ4n) is 2.14. The first-order chi connectivity index (χ1) is 10.1. The van der Waals surface area contributed by atoms with E-state index in [1.165, 1.54) is 18.4 Å².